The number of thioether (sulfide) groups is 1. The van der Waals surface area contributed by atoms with Gasteiger partial charge in [-0.05, 0) is 55.0 Å². The van der Waals surface area contributed by atoms with Crippen molar-refractivity contribution in [2.45, 2.75) is 11.8 Å². The van der Waals surface area contributed by atoms with Crippen LogP contribution in [0.15, 0.2) is 82.5 Å². The van der Waals surface area contributed by atoms with Crippen molar-refractivity contribution in [3.8, 4) is 5.75 Å². The Morgan fingerprint density at radius 2 is 1.90 bits per heavy atom. The van der Waals surface area contributed by atoms with E-state index < -0.39 is 0 Å². The topological polar surface area (TPSA) is 43.6 Å². The van der Waals surface area contributed by atoms with E-state index in [1.54, 1.807) is 16.2 Å². The lowest BCUT2D eigenvalue weighted by molar-refractivity contribution is 0.344. The van der Waals surface area contributed by atoms with Crippen molar-refractivity contribution in [1.29, 1.82) is 0 Å². The van der Waals surface area contributed by atoms with Gasteiger partial charge in [-0.25, -0.2) is 9.38 Å². The number of hydrogen-bond acceptors (Lipinski definition) is 5. The van der Waals surface area contributed by atoms with Gasteiger partial charge in [-0.3, -0.25) is 4.79 Å². The summed E-state index contributed by atoms with van der Waals surface area (Å²) in [6, 6.07) is 24.1. The second-order valence-corrected chi connectivity index (χ2v) is 9.39. The molecule has 0 saturated heterocycles. The van der Waals surface area contributed by atoms with Crippen molar-refractivity contribution in [3.05, 3.63) is 98.8 Å². The Hall–Kier alpha value is -3.09. The second-order valence-electron chi connectivity index (χ2n) is 7.22. The van der Waals surface area contributed by atoms with E-state index in [1.165, 1.54) is 21.8 Å². The number of ether oxygens (including phenoxy) is 1. The first kappa shape index (κ1) is 19.8. The smallest absolute Gasteiger partial charge is 0.274 e. The number of hydrogen-bond donors (Lipinski definition) is 0. The van der Waals surface area contributed by atoms with Crippen molar-refractivity contribution >= 4 is 45.2 Å². The number of benzene rings is 3. The third-order valence-corrected chi connectivity index (χ3v) is 6.89. The molecule has 6 heteroatoms. The first-order chi connectivity index (χ1) is 15.2. The summed E-state index contributed by atoms with van der Waals surface area (Å²) in [6.45, 7) is 2.71. The van der Waals surface area contributed by atoms with Gasteiger partial charge in [-0.15, -0.1) is 11.8 Å². The number of para-hydroxylation sites is 2. The number of aromatic nitrogens is 2. The van der Waals surface area contributed by atoms with Crippen LogP contribution < -0.4 is 14.8 Å². The molecular weight excluding hydrogens is 424 g/mol. The van der Waals surface area contributed by atoms with E-state index in [4.69, 9.17) is 4.74 Å². The fourth-order valence-corrected chi connectivity index (χ4v) is 5.13. The van der Waals surface area contributed by atoms with Gasteiger partial charge in [0.2, 0.25) is 0 Å². The van der Waals surface area contributed by atoms with Crippen LogP contribution in [0.25, 0.3) is 22.1 Å². The number of thiazole rings is 1. The summed E-state index contributed by atoms with van der Waals surface area (Å²) in [5.41, 5.74) is 3.86. The molecule has 0 unspecified atom stereocenters. The minimum absolute atomic E-state index is 0.0329. The van der Waals surface area contributed by atoms with Gasteiger partial charge in [-0.1, -0.05) is 53.3 Å². The summed E-state index contributed by atoms with van der Waals surface area (Å²) < 4.78 is 8.28. The number of imidazole rings is 1. The van der Waals surface area contributed by atoms with Crippen LogP contribution in [0, 0.1) is 6.92 Å². The zero-order valence-electron chi connectivity index (χ0n) is 16.9. The van der Waals surface area contributed by atoms with Gasteiger partial charge in [0.25, 0.3) is 5.56 Å². The quantitative estimate of drug-likeness (QED) is 0.275. The van der Waals surface area contributed by atoms with Crippen LogP contribution in [0.1, 0.15) is 11.1 Å². The van der Waals surface area contributed by atoms with Crippen LogP contribution in [0.2, 0.25) is 0 Å². The monoisotopic (exact) mass is 444 g/mol. The first-order valence-corrected chi connectivity index (χ1v) is 11.8. The molecule has 5 aromatic rings. The fourth-order valence-electron chi connectivity index (χ4n) is 3.41. The lowest BCUT2D eigenvalue weighted by Gasteiger charge is -2.07. The van der Waals surface area contributed by atoms with E-state index in [2.05, 4.69) is 36.2 Å². The Labute approximate surface area is 187 Å². The Balaban J connectivity index is 1.32. The highest BCUT2D eigenvalue weighted by Crippen LogP contribution is 2.20. The molecule has 0 N–H and O–H groups in total. The van der Waals surface area contributed by atoms with Gasteiger partial charge in [0, 0.05) is 10.6 Å². The van der Waals surface area contributed by atoms with Crippen molar-refractivity contribution < 1.29 is 4.74 Å². The SMILES string of the molecule is Cc1ccc(SCCOc2cccc(C=c3sc4nc5ccccc5n4c3=O)c2)cc1. The summed E-state index contributed by atoms with van der Waals surface area (Å²) in [5, 5.41) is 0. The standard InChI is InChI=1S/C25H20N2O2S2/c1-17-9-11-20(12-10-17)30-14-13-29-19-6-4-5-18(15-19)16-23-24(28)27-22-8-3-2-7-21(22)26-25(27)31-23/h2-12,15-16H,13-14H2,1H3. The fraction of sp³-hybridized carbons (Fsp3) is 0.120. The average molecular weight is 445 g/mol. The van der Waals surface area contributed by atoms with Crippen molar-refractivity contribution in [3.63, 3.8) is 0 Å². The Kier molecular flexibility index (Phi) is 5.49. The summed E-state index contributed by atoms with van der Waals surface area (Å²) in [6.07, 6.45) is 1.91. The van der Waals surface area contributed by atoms with Crippen molar-refractivity contribution in [2.75, 3.05) is 12.4 Å². The molecule has 31 heavy (non-hydrogen) atoms. The van der Waals surface area contributed by atoms with Gasteiger partial charge >= 0.3 is 0 Å². The molecule has 0 fully saturated rings. The minimum atomic E-state index is -0.0329. The van der Waals surface area contributed by atoms with E-state index in [0.29, 0.717) is 11.1 Å². The molecule has 0 spiro atoms. The van der Waals surface area contributed by atoms with Gasteiger partial charge in [0.05, 0.1) is 22.2 Å². The molecule has 4 nitrogen and oxygen atoms in total. The average Bonchev–Trinajstić information content (AvgIpc) is 3.29. The molecule has 0 aliphatic heterocycles. The number of rotatable bonds is 6. The highest BCUT2D eigenvalue weighted by molar-refractivity contribution is 7.99. The Morgan fingerprint density at radius 1 is 1.06 bits per heavy atom. The van der Waals surface area contributed by atoms with E-state index in [-0.39, 0.29) is 5.56 Å². The van der Waals surface area contributed by atoms with E-state index in [0.717, 1.165) is 33.1 Å². The highest BCUT2D eigenvalue weighted by Gasteiger charge is 2.10. The molecule has 2 heterocycles. The molecule has 0 saturated carbocycles. The molecule has 154 valence electrons. The molecule has 0 amide bonds. The minimum Gasteiger partial charge on any atom is -0.493 e. The maximum atomic E-state index is 12.9. The van der Waals surface area contributed by atoms with Crippen LogP contribution >= 0.6 is 23.1 Å². The molecule has 3 aromatic carbocycles. The molecular formula is C25H20N2O2S2. The molecule has 0 aliphatic carbocycles. The molecule has 5 rings (SSSR count). The summed E-state index contributed by atoms with van der Waals surface area (Å²) >= 11 is 3.19. The van der Waals surface area contributed by atoms with Crippen LogP contribution in [0.3, 0.4) is 0 Å². The van der Waals surface area contributed by atoms with Crippen LogP contribution in [0.4, 0.5) is 0 Å². The van der Waals surface area contributed by atoms with Gasteiger partial charge in [0.15, 0.2) is 4.96 Å². The Bertz CT molecular complexity index is 1470. The first-order valence-electron chi connectivity index (χ1n) is 10.0. The van der Waals surface area contributed by atoms with Gasteiger partial charge < -0.3 is 4.74 Å². The predicted molar refractivity (Wildman–Crippen MR) is 129 cm³/mol. The molecule has 0 bridgehead atoms. The van der Waals surface area contributed by atoms with Crippen molar-refractivity contribution in [1.82, 2.24) is 9.38 Å². The van der Waals surface area contributed by atoms with Crippen LogP contribution in [-0.2, 0) is 0 Å². The van der Waals surface area contributed by atoms with Gasteiger partial charge in [-0.2, -0.15) is 0 Å². The van der Waals surface area contributed by atoms with Crippen LogP contribution in [-0.4, -0.2) is 21.7 Å². The molecule has 0 aliphatic rings. The van der Waals surface area contributed by atoms with E-state index in [1.807, 2.05) is 54.6 Å². The number of nitrogens with zero attached hydrogens (tertiary/aromatic N) is 2. The summed E-state index contributed by atoms with van der Waals surface area (Å²) in [4.78, 5) is 19.5. The van der Waals surface area contributed by atoms with E-state index in [9.17, 15) is 4.79 Å². The lowest BCUT2D eigenvalue weighted by atomic mass is 10.2. The maximum Gasteiger partial charge on any atom is 0.274 e. The van der Waals surface area contributed by atoms with Crippen molar-refractivity contribution in [2.24, 2.45) is 0 Å². The zero-order valence-corrected chi connectivity index (χ0v) is 18.6. The van der Waals surface area contributed by atoms with Crippen LogP contribution in [0.5, 0.6) is 5.75 Å². The molecule has 0 atom stereocenters. The number of aryl methyl sites for hydroxylation is 1. The third-order valence-electron chi connectivity index (χ3n) is 4.94. The summed E-state index contributed by atoms with van der Waals surface area (Å²) in [5.74, 6) is 1.68. The predicted octanol–water partition coefficient (Wildman–Crippen LogP) is 4.94. The zero-order chi connectivity index (χ0) is 21.2. The third kappa shape index (κ3) is 4.22. The second kappa shape index (κ2) is 8.57. The van der Waals surface area contributed by atoms with E-state index >= 15 is 0 Å². The lowest BCUT2D eigenvalue weighted by Crippen LogP contribution is -2.22. The highest BCUT2D eigenvalue weighted by atomic mass is 32.2. The molecule has 2 aromatic heterocycles. The summed E-state index contributed by atoms with van der Waals surface area (Å²) in [7, 11) is 0. The normalized spacial score (nSPS) is 12.1. The van der Waals surface area contributed by atoms with Gasteiger partial charge in [0.1, 0.15) is 5.75 Å². The Morgan fingerprint density at radius 3 is 2.77 bits per heavy atom. The number of fused-ring (bicyclic) bond motifs is 3. The molecule has 0 radical (unpaired) electrons. The maximum absolute atomic E-state index is 12.9. The largest absolute Gasteiger partial charge is 0.493 e.